The van der Waals surface area contributed by atoms with Crippen LogP contribution in [0.3, 0.4) is 0 Å². The van der Waals surface area contributed by atoms with E-state index in [1.807, 2.05) is 24.3 Å². The molecule has 5 nitrogen and oxygen atoms in total. The van der Waals surface area contributed by atoms with Gasteiger partial charge in [0.25, 0.3) is 5.91 Å². The molecule has 1 amide bonds. The van der Waals surface area contributed by atoms with Crippen LogP contribution >= 0.6 is 0 Å². The summed E-state index contributed by atoms with van der Waals surface area (Å²) < 4.78 is 5.69. The molecule has 2 aliphatic rings. The first-order valence-corrected chi connectivity index (χ1v) is 7.19. The van der Waals surface area contributed by atoms with Crippen molar-refractivity contribution in [3.05, 3.63) is 29.8 Å². The highest BCUT2D eigenvalue weighted by molar-refractivity contribution is 5.82. The predicted octanol–water partition coefficient (Wildman–Crippen LogP) is 0.955. The molecule has 0 aromatic heterocycles. The first-order chi connectivity index (χ1) is 9.63. The van der Waals surface area contributed by atoms with Gasteiger partial charge in [-0.3, -0.25) is 10.2 Å². The Hall–Kier alpha value is -1.59. The van der Waals surface area contributed by atoms with Gasteiger partial charge in [-0.2, -0.15) is 0 Å². The van der Waals surface area contributed by atoms with E-state index >= 15 is 0 Å². The molecular formula is C15H21N3O2. The van der Waals surface area contributed by atoms with Crippen molar-refractivity contribution in [2.45, 2.75) is 45.0 Å². The number of benzene rings is 1. The molecule has 0 radical (unpaired) electrons. The second-order valence-electron chi connectivity index (χ2n) is 5.85. The molecular weight excluding hydrogens is 254 g/mol. The van der Waals surface area contributed by atoms with Crippen LogP contribution in [-0.4, -0.2) is 24.2 Å². The topological polar surface area (TPSA) is 62.4 Å². The summed E-state index contributed by atoms with van der Waals surface area (Å²) >= 11 is 0. The summed E-state index contributed by atoms with van der Waals surface area (Å²) in [6, 6.07) is 8.20. The van der Waals surface area contributed by atoms with Gasteiger partial charge in [0.15, 0.2) is 6.10 Å². The van der Waals surface area contributed by atoms with Gasteiger partial charge in [0.05, 0.1) is 6.17 Å². The van der Waals surface area contributed by atoms with E-state index in [9.17, 15) is 4.79 Å². The van der Waals surface area contributed by atoms with Crippen LogP contribution in [-0.2, 0) is 11.2 Å². The monoisotopic (exact) mass is 275 g/mol. The first kappa shape index (κ1) is 13.4. The second-order valence-corrected chi connectivity index (χ2v) is 5.85. The van der Waals surface area contributed by atoms with E-state index in [1.54, 1.807) is 0 Å². The molecule has 3 rings (SSSR count). The fraction of sp³-hybridized carbons (Fsp3) is 0.533. The largest absolute Gasteiger partial charge is 0.480 e. The number of hydrazine groups is 1. The molecule has 1 saturated heterocycles. The fourth-order valence-electron chi connectivity index (χ4n) is 2.71. The quantitative estimate of drug-likeness (QED) is 0.769. The maximum Gasteiger partial charge on any atom is 0.262 e. The van der Waals surface area contributed by atoms with Crippen molar-refractivity contribution in [1.82, 2.24) is 16.2 Å². The average Bonchev–Trinajstić information content (AvgIpc) is 3.04. The highest BCUT2D eigenvalue weighted by Crippen LogP contribution is 2.28. The van der Waals surface area contributed by atoms with Gasteiger partial charge in [-0.25, -0.2) is 5.43 Å². The van der Waals surface area contributed by atoms with Gasteiger partial charge in [0.2, 0.25) is 0 Å². The predicted molar refractivity (Wildman–Crippen MR) is 76.0 cm³/mol. The summed E-state index contributed by atoms with van der Waals surface area (Å²) in [5, 5.41) is 3.00. The number of nitrogens with one attached hydrogen (secondary N) is 3. The Morgan fingerprint density at radius 2 is 2.15 bits per heavy atom. The Bertz CT molecular complexity index is 479. The Kier molecular flexibility index (Phi) is 3.63. The summed E-state index contributed by atoms with van der Waals surface area (Å²) in [5.41, 5.74) is 7.44. The van der Waals surface area contributed by atoms with Crippen molar-refractivity contribution in [1.29, 1.82) is 0 Å². The van der Waals surface area contributed by atoms with Crippen LogP contribution in [0.5, 0.6) is 5.75 Å². The van der Waals surface area contributed by atoms with Crippen molar-refractivity contribution in [3.63, 3.8) is 0 Å². The number of carbonyl (C=O) groups is 1. The van der Waals surface area contributed by atoms with Crippen LogP contribution in [0.15, 0.2) is 24.3 Å². The maximum absolute atomic E-state index is 12.2. The Balaban J connectivity index is 1.54. The van der Waals surface area contributed by atoms with E-state index < -0.39 is 6.10 Å². The molecule has 108 valence electrons. The highest BCUT2D eigenvalue weighted by Gasteiger charge is 2.32. The zero-order valence-corrected chi connectivity index (χ0v) is 11.8. The van der Waals surface area contributed by atoms with E-state index in [0.29, 0.717) is 18.4 Å². The lowest BCUT2D eigenvalue weighted by Gasteiger charge is -2.16. The van der Waals surface area contributed by atoms with Crippen LogP contribution < -0.4 is 20.9 Å². The summed E-state index contributed by atoms with van der Waals surface area (Å²) in [6.07, 6.45) is 1.10. The lowest BCUT2D eigenvalue weighted by Crippen LogP contribution is -2.49. The lowest BCUT2D eigenvalue weighted by molar-refractivity contribution is -0.128. The number of fused-ring (bicyclic) bond motifs is 1. The van der Waals surface area contributed by atoms with E-state index in [-0.39, 0.29) is 12.1 Å². The van der Waals surface area contributed by atoms with Crippen molar-refractivity contribution in [2.75, 3.05) is 0 Å². The molecule has 3 N–H and O–H groups in total. The van der Waals surface area contributed by atoms with E-state index in [0.717, 1.165) is 17.7 Å². The summed E-state index contributed by atoms with van der Waals surface area (Å²) in [5.74, 6) is 1.31. The summed E-state index contributed by atoms with van der Waals surface area (Å²) in [7, 11) is 0. The second kappa shape index (κ2) is 5.42. The number of amides is 1. The lowest BCUT2D eigenvalue weighted by atomic mass is 10.0. The number of hydrogen-bond acceptors (Lipinski definition) is 4. The van der Waals surface area contributed by atoms with E-state index in [2.05, 4.69) is 30.0 Å². The van der Waals surface area contributed by atoms with Crippen molar-refractivity contribution >= 4 is 5.91 Å². The minimum absolute atomic E-state index is 0.0257. The summed E-state index contributed by atoms with van der Waals surface area (Å²) in [6.45, 7) is 4.33. The molecule has 2 aliphatic heterocycles. The van der Waals surface area contributed by atoms with Crippen LogP contribution in [0.2, 0.25) is 0 Å². The van der Waals surface area contributed by atoms with Crippen LogP contribution in [0.1, 0.15) is 25.8 Å². The fourth-order valence-corrected chi connectivity index (χ4v) is 2.71. The molecule has 0 spiro atoms. The summed E-state index contributed by atoms with van der Waals surface area (Å²) in [4.78, 5) is 12.2. The standard InChI is InChI=1S/C15H21N3O2/c1-9(2)11-8-14(18-17-11)16-15(19)13-7-10-5-3-4-6-12(10)20-13/h3-6,9,11,13-14,17-18H,7-8H2,1-2H3,(H,16,19). The minimum atomic E-state index is -0.410. The average molecular weight is 275 g/mol. The third-order valence-electron chi connectivity index (χ3n) is 3.99. The molecule has 3 unspecified atom stereocenters. The van der Waals surface area contributed by atoms with Crippen molar-refractivity contribution < 1.29 is 9.53 Å². The van der Waals surface area contributed by atoms with Crippen LogP contribution in [0.25, 0.3) is 0 Å². The molecule has 0 bridgehead atoms. The first-order valence-electron chi connectivity index (χ1n) is 7.19. The van der Waals surface area contributed by atoms with Gasteiger partial charge in [0, 0.05) is 12.5 Å². The normalized spacial score (nSPS) is 28.2. The van der Waals surface area contributed by atoms with Gasteiger partial charge in [-0.1, -0.05) is 32.0 Å². The molecule has 3 atom stereocenters. The van der Waals surface area contributed by atoms with Crippen molar-refractivity contribution in [2.24, 2.45) is 5.92 Å². The Morgan fingerprint density at radius 3 is 2.85 bits per heavy atom. The molecule has 20 heavy (non-hydrogen) atoms. The van der Waals surface area contributed by atoms with Gasteiger partial charge in [-0.15, -0.1) is 0 Å². The zero-order valence-electron chi connectivity index (χ0n) is 11.8. The molecule has 0 saturated carbocycles. The number of hydrogen-bond donors (Lipinski definition) is 3. The zero-order chi connectivity index (χ0) is 14.1. The number of ether oxygens (including phenoxy) is 1. The SMILES string of the molecule is CC(C)C1CC(NC(=O)C2Cc3ccccc3O2)NN1. The van der Waals surface area contributed by atoms with Gasteiger partial charge in [0.1, 0.15) is 5.75 Å². The smallest absolute Gasteiger partial charge is 0.262 e. The third kappa shape index (κ3) is 2.64. The molecule has 1 fully saturated rings. The van der Waals surface area contributed by atoms with E-state index in [1.165, 1.54) is 0 Å². The van der Waals surface area contributed by atoms with Gasteiger partial charge >= 0.3 is 0 Å². The highest BCUT2D eigenvalue weighted by atomic mass is 16.5. The minimum Gasteiger partial charge on any atom is -0.480 e. The number of rotatable bonds is 3. The Morgan fingerprint density at radius 1 is 1.35 bits per heavy atom. The van der Waals surface area contributed by atoms with E-state index in [4.69, 9.17) is 4.74 Å². The van der Waals surface area contributed by atoms with Gasteiger partial charge < -0.3 is 10.1 Å². The molecule has 2 heterocycles. The Labute approximate surface area is 119 Å². The van der Waals surface area contributed by atoms with Crippen LogP contribution in [0.4, 0.5) is 0 Å². The van der Waals surface area contributed by atoms with Crippen molar-refractivity contribution in [3.8, 4) is 5.75 Å². The molecule has 5 heteroatoms. The number of para-hydroxylation sites is 1. The molecule has 1 aromatic rings. The van der Waals surface area contributed by atoms with Crippen LogP contribution in [0, 0.1) is 5.92 Å². The molecule has 1 aromatic carbocycles. The van der Waals surface area contributed by atoms with Gasteiger partial charge in [-0.05, 0) is 24.0 Å². The number of carbonyl (C=O) groups excluding carboxylic acids is 1. The third-order valence-corrected chi connectivity index (χ3v) is 3.99. The molecule has 0 aliphatic carbocycles. The maximum atomic E-state index is 12.2.